The highest BCUT2D eigenvalue weighted by molar-refractivity contribution is 6.31. The number of benzene rings is 1. The lowest BCUT2D eigenvalue weighted by Crippen LogP contribution is -2.41. The second-order valence-electron chi connectivity index (χ2n) is 6.11. The summed E-state index contributed by atoms with van der Waals surface area (Å²) in [7, 11) is 1.60. The van der Waals surface area contributed by atoms with Gasteiger partial charge < -0.3 is 15.4 Å². The molecule has 2 N–H and O–H groups in total. The smallest absolute Gasteiger partial charge is 0.226 e. The molecule has 0 spiro atoms. The largest absolute Gasteiger partial charge is 0.383 e. The van der Waals surface area contributed by atoms with Crippen LogP contribution in [0.15, 0.2) is 18.2 Å². The number of hydrogen-bond donors (Lipinski definition) is 1. The third-order valence-electron chi connectivity index (χ3n) is 4.32. The molecule has 1 aromatic carbocycles. The van der Waals surface area contributed by atoms with E-state index in [-0.39, 0.29) is 36.1 Å². The third-order valence-corrected chi connectivity index (χ3v) is 4.67. The van der Waals surface area contributed by atoms with Crippen LogP contribution in [0, 0.1) is 11.7 Å². The van der Waals surface area contributed by atoms with Crippen LogP contribution in [0.3, 0.4) is 0 Å². The molecule has 0 heterocycles. The molecule has 2 atom stereocenters. The summed E-state index contributed by atoms with van der Waals surface area (Å²) in [5.41, 5.74) is 6.73. The van der Waals surface area contributed by atoms with E-state index in [0.717, 1.165) is 31.2 Å². The normalized spacial score (nSPS) is 20.3. The molecule has 1 aliphatic carbocycles. The summed E-state index contributed by atoms with van der Waals surface area (Å²) in [6.45, 7) is 1.28. The van der Waals surface area contributed by atoms with Gasteiger partial charge in [-0.25, -0.2) is 4.39 Å². The molecule has 24 heavy (non-hydrogen) atoms. The Labute approximate surface area is 153 Å². The number of methoxy groups -OCH3 is 1. The van der Waals surface area contributed by atoms with Crippen LogP contribution >= 0.6 is 24.0 Å². The molecule has 1 amide bonds. The number of nitrogens with zero attached hydrogens (tertiary/aromatic N) is 1. The Hall–Kier alpha value is -0.880. The van der Waals surface area contributed by atoms with Crippen LogP contribution in [0.25, 0.3) is 0 Å². The minimum absolute atomic E-state index is 0. The lowest BCUT2D eigenvalue weighted by atomic mass is 9.85. The summed E-state index contributed by atoms with van der Waals surface area (Å²) < 4.78 is 18.3. The van der Waals surface area contributed by atoms with Gasteiger partial charge in [0.05, 0.1) is 6.61 Å². The highest BCUT2D eigenvalue weighted by Crippen LogP contribution is 2.26. The van der Waals surface area contributed by atoms with Crippen molar-refractivity contribution >= 4 is 29.9 Å². The van der Waals surface area contributed by atoms with Crippen molar-refractivity contribution in [2.75, 3.05) is 20.3 Å². The Bertz CT molecular complexity index is 545. The number of nitrogens with two attached hydrogens (primary N) is 1. The van der Waals surface area contributed by atoms with Gasteiger partial charge in [0.25, 0.3) is 0 Å². The molecule has 2 unspecified atom stereocenters. The van der Waals surface area contributed by atoms with Crippen LogP contribution < -0.4 is 5.73 Å². The highest BCUT2D eigenvalue weighted by atomic mass is 35.5. The van der Waals surface area contributed by atoms with Crippen molar-refractivity contribution in [2.45, 2.75) is 38.3 Å². The summed E-state index contributed by atoms with van der Waals surface area (Å²) >= 11 is 6.09. The SMILES string of the molecule is COCCN(Cc1ccc(F)cc1Cl)C(=O)C1CCCC(N)C1.Cl. The van der Waals surface area contributed by atoms with E-state index in [1.54, 1.807) is 18.1 Å². The Morgan fingerprint density at radius 1 is 1.46 bits per heavy atom. The van der Waals surface area contributed by atoms with Crippen LogP contribution in [0.4, 0.5) is 4.39 Å². The maximum atomic E-state index is 13.2. The molecule has 7 heteroatoms. The molecule has 1 saturated carbocycles. The van der Waals surface area contributed by atoms with Gasteiger partial charge in [0.1, 0.15) is 5.82 Å². The van der Waals surface area contributed by atoms with Gasteiger partial charge in [0.2, 0.25) is 5.91 Å². The lowest BCUT2D eigenvalue weighted by Gasteiger charge is -2.31. The molecular weight excluding hydrogens is 354 g/mol. The molecule has 4 nitrogen and oxygen atoms in total. The van der Waals surface area contributed by atoms with Crippen molar-refractivity contribution in [3.63, 3.8) is 0 Å². The Morgan fingerprint density at radius 2 is 2.21 bits per heavy atom. The first kappa shape index (κ1) is 21.2. The Morgan fingerprint density at radius 3 is 2.83 bits per heavy atom. The van der Waals surface area contributed by atoms with Gasteiger partial charge in [0, 0.05) is 37.2 Å². The van der Waals surface area contributed by atoms with Crippen LogP contribution in [-0.4, -0.2) is 37.1 Å². The van der Waals surface area contributed by atoms with Gasteiger partial charge in [-0.2, -0.15) is 0 Å². The zero-order valence-corrected chi connectivity index (χ0v) is 15.4. The van der Waals surface area contributed by atoms with Crippen LogP contribution in [0.2, 0.25) is 5.02 Å². The third kappa shape index (κ3) is 5.88. The van der Waals surface area contributed by atoms with Crippen molar-refractivity contribution in [3.8, 4) is 0 Å². The molecule has 2 rings (SSSR count). The molecule has 136 valence electrons. The van der Waals surface area contributed by atoms with Crippen LogP contribution in [0.5, 0.6) is 0 Å². The predicted molar refractivity (Wildman–Crippen MR) is 95.9 cm³/mol. The van der Waals surface area contributed by atoms with Crippen molar-refractivity contribution in [2.24, 2.45) is 11.7 Å². The summed E-state index contributed by atoms with van der Waals surface area (Å²) in [6, 6.07) is 4.34. The maximum Gasteiger partial charge on any atom is 0.226 e. The van der Waals surface area contributed by atoms with Crippen molar-refractivity contribution < 1.29 is 13.9 Å². The number of rotatable bonds is 6. The van der Waals surface area contributed by atoms with E-state index >= 15 is 0 Å². The van der Waals surface area contributed by atoms with E-state index in [2.05, 4.69) is 0 Å². The van der Waals surface area contributed by atoms with Gasteiger partial charge in [-0.15, -0.1) is 12.4 Å². The molecule has 0 saturated heterocycles. The predicted octanol–water partition coefficient (Wildman–Crippen LogP) is 3.39. The average Bonchev–Trinajstić information content (AvgIpc) is 2.52. The first-order valence-electron chi connectivity index (χ1n) is 7.98. The molecule has 0 aliphatic heterocycles. The number of carbonyl (C=O) groups is 1. The Kier molecular flexibility index (Phi) is 8.98. The van der Waals surface area contributed by atoms with E-state index in [4.69, 9.17) is 22.1 Å². The standard InChI is InChI=1S/C17H24ClFN2O2.ClH/c1-23-8-7-21(11-13-5-6-14(19)10-16(13)18)17(22)12-3-2-4-15(20)9-12;/h5-6,10,12,15H,2-4,7-9,11,20H2,1H3;1H. The average molecular weight is 379 g/mol. The number of hydrogen-bond acceptors (Lipinski definition) is 3. The highest BCUT2D eigenvalue weighted by Gasteiger charge is 2.29. The second-order valence-corrected chi connectivity index (χ2v) is 6.52. The van der Waals surface area contributed by atoms with E-state index in [1.165, 1.54) is 12.1 Å². The fraction of sp³-hybridized carbons (Fsp3) is 0.588. The van der Waals surface area contributed by atoms with E-state index in [9.17, 15) is 9.18 Å². The molecule has 1 aromatic rings. The topological polar surface area (TPSA) is 55.6 Å². The van der Waals surface area contributed by atoms with E-state index in [0.29, 0.717) is 24.7 Å². The lowest BCUT2D eigenvalue weighted by molar-refractivity contribution is -0.138. The van der Waals surface area contributed by atoms with E-state index in [1.807, 2.05) is 0 Å². The van der Waals surface area contributed by atoms with Crippen LogP contribution in [-0.2, 0) is 16.1 Å². The summed E-state index contributed by atoms with van der Waals surface area (Å²) in [4.78, 5) is 14.6. The summed E-state index contributed by atoms with van der Waals surface area (Å²) in [5.74, 6) is -0.348. The zero-order chi connectivity index (χ0) is 16.8. The van der Waals surface area contributed by atoms with Crippen molar-refractivity contribution in [1.29, 1.82) is 0 Å². The molecular formula is C17H25Cl2FN2O2. The van der Waals surface area contributed by atoms with Gasteiger partial charge in [-0.1, -0.05) is 24.1 Å². The van der Waals surface area contributed by atoms with Gasteiger partial charge in [-0.05, 0) is 37.0 Å². The van der Waals surface area contributed by atoms with Gasteiger partial charge in [-0.3, -0.25) is 4.79 Å². The quantitative estimate of drug-likeness (QED) is 0.824. The summed E-state index contributed by atoms with van der Waals surface area (Å²) in [6.07, 6.45) is 3.55. The molecule has 0 radical (unpaired) electrons. The number of amides is 1. The van der Waals surface area contributed by atoms with Crippen molar-refractivity contribution in [1.82, 2.24) is 4.90 Å². The van der Waals surface area contributed by atoms with Crippen molar-refractivity contribution in [3.05, 3.63) is 34.6 Å². The Balaban J connectivity index is 0.00000288. The first-order chi connectivity index (χ1) is 11.0. The number of ether oxygens (including phenoxy) is 1. The maximum absolute atomic E-state index is 13.2. The fourth-order valence-corrected chi connectivity index (χ4v) is 3.26. The second kappa shape index (κ2) is 10.2. The van der Waals surface area contributed by atoms with Gasteiger partial charge in [0.15, 0.2) is 0 Å². The molecule has 0 aromatic heterocycles. The molecule has 1 aliphatic rings. The monoisotopic (exact) mass is 378 g/mol. The number of halogens is 3. The number of carbonyl (C=O) groups excluding carboxylic acids is 1. The first-order valence-corrected chi connectivity index (χ1v) is 8.36. The summed E-state index contributed by atoms with van der Waals surface area (Å²) in [5, 5.41) is 0.334. The molecule has 0 bridgehead atoms. The minimum Gasteiger partial charge on any atom is -0.383 e. The van der Waals surface area contributed by atoms with Crippen LogP contribution in [0.1, 0.15) is 31.2 Å². The fourth-order valence-electron chi connectivity index (χ4n) is 3.03. The van der Waals surface area contributed by atoms with E-state index < -0.39 is 0 Å². The minimum atomic E-state index is -0.383. The molecule has 1 fully saturated rings. The zero-order valence-electron chi connectivity index (χ0n) is 13.8. The van der Waals surface area contributed by atoms with Gasteiger partial charge >= 0.3 is 0 Å².